The Balaban J connectivity index is 1.66. The molecule has 0 fully saturated rings. The van der Waals surface area contributed by atoms with Crippen LogP contribution in [0.2, 0.25) is 0 Å². The molecule has 2 aromatic carbocycles. The third kappa shape index (κ3) is 6.43. The van der Waals surface area contributed by atoms with E-state index in [2.05, 4.69) is 9.98 Å². The van der Waals surface area contributed by atoms with E-state index < -0.39 is 37.6 Å². The molecule has 37 heavy (non-hydrogen) atoms. The van der Waals surface area contributed by atoms with Crippen molar-refractivity contribution in [2.45, 2.75) is 12.8 Å². The van der Waals surface area contributed by atoms with Crippen molar-refractivity contribution in [3.63, 3.8) is 0 Å². The summed E-state index contributed by atoms with van der Waals surface area (Å²) in [5, 5.41) is 10.7. The van der Waals surface area contributed by atoms with Gasteiger partial charge in [-0.2, -0.15) is 16.8 Å². The van der Waals surface area contributed by atoms with Crippen LogP contribution >= 0.6 is 0 Å². The summed E-state index contributed by atoms with van der Waals surface area (Å²) in [7, 11) is -8.36. The van der Waals surface area contributed by atoms with Crippen molar-refractivity contribution in [1.82, 2.24) is 4.98 Å². The van der Waals surface area contributed by atoms with Crippen LogP contribution in [-0.2, 0) is 20.2 Å². The maximum atomic E-state index is 12.9. The quantitative estimate of drug-likeness (QED) is 0.263. The number of aliphatic imine (C=N–C) groups is 1. The lowest BCUT2D eigenvalue weighted by Gasteiger charge is -2.25. The topological polar surface area (TPSA) is 177 Å². The van der Waals surface area contributed by atoms with Gasteiger partial charge in [0.05, 0.1) is 34.0 Å². The Hall–Kier alpha value is -3.52. The van der Waals surface area contributed by atoms with E-state index in [1.165, 1.54) is 0 Å². The Bertz CT molecular complexity index is 1520. The number of hydrogen-bond acceptors (Lipinski definition) is 7. The Kier molecular flexibility index (Phi) is 7.50. The predicted octanol–water partition coefficient (Wildman–Crippen LogP) is 2.74. The van der Waals surface area contributed by atoms with Crippen molar-refractivity contribution in [2.75, 3.05) is 29.5 Å². The van der Waals surface area contributed by atoms with Gasteiger partial charge in [-0.05, 0) is 25.0 Å². The lowest BCUT2D eigenvalue weighted by atomic mass is 10.00. The summed E-state index contributed by atoms with van der Waals surface area (Å²) in [6.07, 6.45) is 0.140. The third-order valence-corrected chi connectivity index (χ3v) is 7.46. The van der Waals surface area contributed by atoms with Crippen LogP contribution in [0.5, 0.6) is 5.88 Å². The molecule has 0 atom stereocenters. The molecule has 1 aromatic heterocycles. The van der Waals surface area contributed by atoms with Crippen LogP contribution in [0, 0.1) is 0 Å². The Morgan fingerprint density at radius 2 is 1.41 bits per heavy atom. The minimum absolute atomic E-state index is 0.0698. The van der Waals surface area contributed by atoms with E-state index in [4.69, 9.17) is 9.11 Å². The molecule has 0 radical (unpaired) electrons. The maximum absolute atomic E-state index is 12.9. The van der Waals surface area contributed by atoms with Crippen LogP contribution in [0.1, 0.15) is 34.3 Å². The van der Waals surface area contributed by atoms with Gasteiger partial charge in [0.25, 0.3) is 26.1 Å². The smallest absolute Gasteiger partial charge is 0.280 e. The number of amides is 1. The molecule has 0 saturated carbocycles. The maximum Gasteiger partial charge on any atom is 0.280 e. The molecule has 1 aliphatic heterocycles. The van der Waals surface area contributed by atoms with Crippen LogP contribution < -0.4 is 4.90 Å². The van der Waals surface area contributed by atoms with Gasteiger partial charge in [0.15, 0.2) is 5.88 Å². The van der Waals surface area contributed by atoms with E-state index in [1.807, 2.05) is 6.07 Å². The van der Waals surface area contributed by atoms with Gasteiger partial charge >= 0.3 is 0 Å². The molecule has 4 N–H and O–H groups in total. The molecule has 4 rings (SSSR count). The fourth-order valence-corrected chi connectivity index (χ4v) is 5.26. The number of aromatic hydroxyl groups is 1. The Morgan fingerprint density at radius 3 is 2.00 bits per heavy atom. The largest absolute Gasteiger partial charge is 0.494 e. The molecule has 196 valence electrons. The molecule has 1 amide bonds. The van der Waals surface area contributed by atoms with Crippen LogP contribution in [0.4, 0.5) is 5.69 Å². The number of aromatic amines is 1. The molecular formula is C24H25N3O8S2. The average molecular weight is 548 g/mol. The Labute approximate surface area is 214 Å². The van der Waals surface area contributed by atoms with Crippen LogP contribution in [0.3, 0.4) is 0 Å². The lowest BCUT2D eigenvalue weighted by Crippen LogP contribution is -2.28. The number of hydrogen-bond donors (Lipinski definition) is 4. The zero-order valence-electron chi connectivity index (χ0n) is 19.5. The zero-order chi connectivity index (χ0) is 26.8. The standard InChI is InChI=1S/C24H25N3O8S2/c28-23-19-20(24(29)25-21(19)16-7-2-1-3-8-16)22(26-23)17-9-4-10-18(15-17)27(11-5-13-36(30,31)32)12-6-14-37(33,34)35/h1-4,7-10,15,26,28H,5-6,11-14H2,(H,30,31,32)(H,33,34,35). The monoisotopic (exact) mass is 547 g/mol. The number of H-pyrrole nitrogens is 1. The molecule has 2 heterocycles. The Morgan fingerprint density at radius 1 is 0.811 bits per heavy atom. The summed E-state index contributed by atoms with van der Waals surface area (Å²) in [5.74, 6) is -1.67. The number of rotatable bonds is 11. The van der Waals surface area contributed by atoms with Gasteiger partial charge in [0.2, 0.25) is 0 Å². The van der Waals surface area contributed by atoms with Crippen LogP contribution in [0.15, 0.2) is 59.6 Å². The average Bonchev–Trinajstić information content (AvgIpc) is 3.35. The number of benzene rings is 2. The van der Waals surface area contributed by atoms with Crippen molar-refractivity contribution >= 4 is 37.5 Å². The number of nitrogens with one attached hydrogen (secondary N) is 1. The van der Waals surface area contributed by atoms with Gasteiger partial charge in [-0.25, -0.2) is 4.99 Å². The second-order valence-corrected chi connectivity index (χ2v) is 11.7. The first kappa shape index (κ1) is 26.5. The summed E-state index contributed by atoms with van der Waals surface area (Å²) in [4.78, 5) is 21.6. The van der Waals surface area contributed by atoms with Crippen molar-refractivity contribution in [3.05, 3.63) is 71.3 Å². The third-order valence-electron chi connectivity index (χ3n) is 5.85. The van der Waals surface area contributed by atoms with Gasteiger partial charge in [-0.1, -0.05) is 42.5 Å². The molecule has 3 aromatic rings. The zero-order valence-corrected chi connectivity index (χ0v) is 21.2. The van der Waals surface area contributed by atoms with Gasteiger partial charge in [-0.3, -0.25) is 13.9 Å². The highest BCUT2D eigenvalue weighted by Crippen LogP contribution is 2.38. The first-order valence-electron chi connectivity index (χ1n) is 11.3. The summed E-state index contributed by atoms with van der Waals surface area (Å²) in [6, 6.07) is 15.8. The highest BCUT2D eigenvalue weighted by Gasteiger charge is 2.33. The highest BCUT2D eigenvalue weighted by molar-refractivity contribution is 7.86. The molecular weight excluding hydrogens is 522 g/mol. The molecule has 0 bridgehead atoms. The molecule has 13 heteroatoms. The second-order valence-electron chi connectivity index (χ2n) is 8.55. The number of fused-ring (bicyclic) bond motifs is 1. The highest BCUT2D eigenvalue weighted by atomic mass is 32.2. The van der Waals surface area contributed by atoms with E-state index in [9.17, 15) is 26.7 Å². The molecule has 1 aliphatic rings. The predicted molar refractivity (Wildman–Crippen MR) is 139 cm³/mol. The van der Waals surface area contributed by atoms with Gasteiger partial charge in [0, 0.05) is 29.9 Å². The molecule has 11 nitrogen and oxygen atoms in total. The number of carbonyl (C=O) groups excluding carboxylic acids is 1. The van der Waals surface area contributed by atoms with Gasteiger partial charge in [0.1, 0.15) is 0 Å². The summed E-state index contributed by atoms with van der Waals surface area (Å²) in [5.41, 5.74) is 3.03. The fraction of sp³-hybridized carbons (Fsp3) is 0.250. The number of nitrogens with zero attached hydrogens (tertiary/aromatic N) is 2. The first-order valence-corrected chi connectivity index (χ1v) is 14.5. The van der Waals surface area contributed by atoms with E-state index in [1.54, 1.807) is 53.4 Å². The minimum atomic E-state index is -4.18. The van der Waals surface area contributed by atoms with Crippen molar-refractivity contribution in [1.29, 1.82) is 0 Å². The van der Waals surface area contributed by atoms with E-state index in [0.29, 0.717) is 33.8 Å². The van der Waals surface area contributed by atoms with Crippen LogP contribution in [0.25, 0.3) is 11.3 Å². The summed E-state index contributed by atoms with van der Waals surface area (Å²) < 4.78 is 62.8. The first-order chi connectivity index (χ1) is 17.4. The number of aromatic nitrogens is 1. The van der Waals surface area contributed by atoms with Crippen LogP contribution in [-0.4, -0.2) is 72.2 Å². The molecule has 0 saturated heterocycles. The van der Waals surface area contributed by atoms with E-state index >= 15 is 0 Å². The van der Waals surface area contributed by atoms with Crippen molar-refractivity contribution in [2.24, 2.45) is 4.99 Å². The molecule has 0 unspecified atom stereocenters. The summed E-state index contributed by atoms with van der Waals surface area (Å²) in [6.45, 7) is 0.339. The second kappa shape index (κ2) is 10.5. The lowest BCUT2D eigenvalue weighted by molar-refractivity contribution is 0.101. The van der Waals surface area contributed by atoms with Crippen molar-refractivity contribution in [3.8, 4) is 17.1 Å². The number of anilines is 1. The minimum Gasteiger partial charge on any atom is -0.494 e. The summed E-state index contributed by atoms with van der Waals surface area (Å²) >= 11 is 0. The van der Waals surface area contributed by atoms with Gasteiger partial charge in [-0.15, -0.1) is 0 Å². The molecule has 0 aliphatic carbocycles. The fourth-order valence-electron chi connectivity index (χ4n) is 4.27. The SMILES string of the molecule is O=C1N=C(c2ccccc2)c2c(O)[nH]c(-c3cccc(N(CCCS(=O)(=O)O)CCCS(=O)(=O)O)c3)c21. The van der Waals surface area contributed by atoms with Crippen molar-refractivity contribution < 1.29 is 35.8 Å². The molecule has 0 spiro atoms. The van der Waals surface area contributed by atoms with E-state index in [0.717, 1.165) is 0 Å². The number of carbonyl (C=O) groups is 1. The van der Waals surface area contributed by atoms with E-state index in [-0.39, 0.29) is 37.4 Å². The van der Waals surface area contributed by atoms with Gasteiger partial charge < -0.3 is 15.0 Å². The normalized spacial score (nSPS) is 13.5.